The van der Waals surface area contributed by atoms with Gasteiger partial charge in [-0.3, -0.25) is 14.9 Å². The van der Waals surface area contributed by atoms with Crippen LogP contribution in [0.4, 0.5) is 5.69 Å². The molecule has 2 aromatic rings. The number of amides is 1. The second kappa shape index (κ2) is 9.86. The summed E-state index contributed by atoms with van der Waals surface area (Å²) in [7, 11) is -0.210. The molecule has 0 radical (unpaired) electrons. The van der Waals surface area contributed by atoms with E-state index in [4.69, 9.17) is 14.2 Å². The van der Waals surface area contributed by atoms with Crippen LogP contribution >= 0.6 is 0 Å². The molecular formula is C21H24N2O8S. The quantitative estimate of drug-likeness (QED) is 0.408. The number of carbonyl (C=O) groups is 1. The van der Waals surface area contributed by atoms with E-state index in [9.17, 15) is 23.3 Å². The van der Waals surface area contributed by atoms with E-state index < -0.39 is 26.7 Å². The topological polar surface area (TPSA) is 125 Å². The van der Waals surface area contributed by atoms with Gasteiger partial charge < -0.3 is 19.1 Å². The van der Waals surface area contributed by atoms with Crippen LogP contribution in [-0.2, 0) is 21.2 Å². The molecular weight excluding hydrogens is 440 g/mol. The highest BCUT2D eigenvalue weighted by Gasteiger charge is 2.35. The van der Waals surface area contributed by atoms with E-state index in [1.807, 2.05) is 0 Å². The lowest BCUT2D eigenvalue weighted by Crippen LogP contribution is -2.43. The third-order valence-corrected chi connectivity index (χ3v) is 6.91. The van der Waals surface area contributed by atoms with Crippen LogP contribution < -0.4 is 14.2 Å². The number of hydrogen-bond acceptors (Lipinski definition) is 8. The third kappa shape index (κ3) is 5.67. The van der Waals surface area contributed by atoms with E-state index in [1.165, 1.54) is 43.4 Å². The molecule has 1 fully saturated rings. The summed E-state index contributed by atoms with van der Waals surface area (Å²) in [6.45, 7) is -0.233. The minimum atomic E-state index is -3.23. The molecule has 0 spiro atoms. The number of ether oxygens (including phenoxy) is 3. The van der Waals surface area contributed by atoms with E-state index in [-0.39, 0.29) is 36.1 Å². The van der Waals surface area contributed by atoms with Gasteiger partial charge >= 0.3 is 0 Å². The van der Waals surface area contributed by atoms with Gasteiger partial charge in [-0.25, -0.2) is 8.42 Å². The molecule has 172 valence electrons. The number of non-ortho nitro benzene ring substituents is 1. The van der Waals surface area contributed by atoms with Crippen LogP contribution in [-0.4, -0.2) is 62.5 Å². The summed E-state index contributed by atoms with van der Waals surface area (Å²) < 4.78 is 40.1. The Bertz CT molecular complexity index is 1100. The van der Waals surface area contributed by atoms with E-state index >= 15 is 0 Å². The maximum absolute atomic E-state index is 13.0. The van der Waals surface area contributed by atoms with Gasteiger partial charge in [0.15, 0.2) is 27.9 Å². The molecule has 32 heavy (non-hydrogen) atoms. The average Bonchev–Trinajstić information content (AvgIpc) is 3.15. The van der Waals surface area contributed by atoms with Crippen molar-refractivity contribution in [2.24, 2.45) is 0 Å². The summed E-state index contributed by atoms with van der Waals surface area (Å²) in [5, 5.41) is 10.9. The molecule has 10 nitrogen and oxygen atoms in total. The molecule has 11 heteroatoms. The number of hydrogen-bond donors (Lipinski definition) is 0. The van der Waals surface area contributed by atoms with Crippen molar-refractivity contribution in [3.63, 3.8) is 0 Å². The predicted molar refractivity (Wildman–Crippen MR) is 116 cm³/mol. The molecule has 0 N–H and O–H groups in total. The number of nitrogens with zero attached hydrogens (tertiary/aromatic N) is 2. The number of methoxy groups -OCH3 is 2. The smallest absolute Gasteiger partial charge is 0.273 e. The van der Waals surface area contributed by atoms with Crippen molar-refractivity contribution in [2.45, 2.75) is 19.0 Å². The van der Waals surface area contributed by atoms with Crippen LogP contribution in [0.1, 0.15) is 12.0 Å². The van der Waals surface area contributed by atoms with Gasteiger partial charge in [-0.2, -0.15) is 0 Å². The zero-order valence-electron chi connectivity index (χ0n) is 17.7. The highest BCUT2D eigenvalue weighted by Crippen LogP contribution is 2.29. The third-order valence-electron chi connectivity index (χ3n) is 5.16. The van der Waals surface area contributed by atoms with Crippen molar-refractivity contribution in [2.75, 3.05) is 32.3 Å². The fraction of sp³-hybridized carbons (Fsp3) is 0.381. The maximum Gasteiger partial charge on any atom is 0.273 e. The molecule has 1 saturated heterocycles. The fourth-order valence-corrected chi connectivity index (χ4v) is 5.26. The molecule has 1 aliphatic rings. The van der Waals surface area contributed by atoms with Gasteiger partial charge in [0.05, 0.1) is 36.7 Å². The van der Waals surface area contributed by atoms with Gasteiger partial charge in [-0.15, -0.1) is 0 Å². The van der Waals surface area contributed by atoms with Crippen LogP contribution in [0.3, 0.4) is 0 Å². The molecule has 1 atom stereocenters. The Morgan fingerprint density at radius 2 is 1.91 bits per heavy atom. The Balaban J connectivity index is 1.79. The molecule has 3 rings (SSSR count). The highest BCUT2D eigenvalue weighted by molar-refractivity contribution is 7.91. The number of nitro groups is 1. The zero-order valence-corrected chi connectivity index (χ0v) is 18.5. The Hall–Kier alpha value is -3.34. The van der Waals surface area contributed by atoms with Gasteiger partial charge in [0.25, 0.3) is 11.6 Å². The summed E-state index contributed by atoms with van der Waals surface area (Å²) in [6.07, 6.45) is 0.332. The number of carbonyl (C=O) groups excluding carboxylic acids is 1. The van der Waals surface area contributed by atoms with Crippen molar-refractivity contribution in [3.05, 3.63) is 58.1 Å². The summed E-state index contributed by atoms with van der Waals surface area (Å²) in [6, 6.07) is 10.2. The summed E-state index contributed by atoms with van der Waals surface area (Å²) in [5.74, 6) is 0.670. The first-order valence-corrected chi connectivity index (χ1v) is 11.6. The summed E-state index contributed by atoms with van der Waals surface area (Å²) in [4.78, 5) is 24.9. The lowest BCUT2D eigenvalue weighted by atomic mass is 10.1. The minimum Gasteiger partial charge on any atom is -0.493 e. The first-order chi connectivity index (χ1) is 15.2. The number of nitro benzene ring substituents is 1. The van der Waals surface area contributed by atoms with Crippen molar-refractivity contribution >= 4 is 21.4 Å². The Kier molecular flexibility index (Phi) is 7.18. The number of rotatable bonds is 9. The van der Waals surface area contributed by atoms with E-state index in [2.05, 4.69) is 0 Å². The van der Waals surface area contributed by atoms with E-state index in [0.717, 1.165) is 5.56 Å². The molecule has 1 aliphatic heterocycles. The summed E-state index contributed by atoms with van der Waals surface area (Å²) in [5.41, 5.74) is 0.578. The fourth-order valence-electron chi connectivity index (χ4n) is 3.53. The van der Waals surface area contributed by atoms with Gasteiger partial charge in [0.1, 0.15) is 5.75 Å². The minimum absolute atomic E-state index is 0.0130. The van der Waals surface area contributed by atoms with E-state index in [1.54, 1.807) is 18.2 Å². The van der Waals surface area contributed by atoms with Crippen molar-refractivity contribution in [1.82, 2.24) is 4.90 Å². The van der Waals surface area contributed by atoms with Crippen LogP contribution in [0.25, 0.3) is 0 Å². The first-order valence-electron chi connectivity index (χ1n) is 9.80. The van der Waals surface area contributed by atoms with Gasteiger partial charge in [-0.05, 0) is 30.2 Å². The zero-order chi connectivity index (χ0) is 23.3. The van der Waals surface area contributed by atoms with E-state index in [0.29, 0.717) is 17.9 Å². The largest absolute Gasteiger partial charge is 0.493 e. The lowest BCUT2D eigenvalue weighted by Gasteiger charge is -2.28. The second-order valence-electron chi connectivity index (χ2n) is 7.31. The maximum atomic E-state index is 13.0. The van der Waals surface area contributed by atoms with Crippen LogP contribution in [0.5, 0.6) is 17.2 Å². The molecule has 0 aromatic heterocycles. The molecule has 1 heterocycles. The predicted octanol–water partition coefficient (Wildman–Crippen LogP) is 2.21. The SMILES string of the molecule is COc1ccc(CN(C(=O)COc2cccc([N+](=O)[O-])c2)C2CCS(=O)(=O)C2)cc1OC. The van der Waals surface area contributed by atoms with Crippen LogP contribution in [0, 0.1) is 10.1 Å². The normalized spacial score (nSPS) is 16.9. The van der Waals surface area contributed by atoms with Gasteiger partial charge in [0.2, 0.25) is 0 Å². The van der Waals surface area contributed by atoms with Crippen molar-refractivity contribution < 1.29 is 32.3 Å². The van der Waals surface area contributed by atoms with Crippen molar-refractivity contribution in [1.29, 1.82) is 0 Å². The molecule has 0 aliphatic carbocycles. The summed E-state index contributed by atoms with van der Waals surface area (Å²) >= 11 is 0. The van der Waals surface area contributed by atoms with Crippen molar-refractivity contribution in [3.8, 4) is 17.2 Å². The van der Waals surface area contributed by atoms with Gasteiger partial charge in [0, 0.05) is 18.7 Å². The Morgan fingerprint density at radius 1 is 1.16 bits per heavy atom. The molecule has 2 aromatic carbocycles. The van der Waals surface area contributed by atoms with Gasteiger partial charge in [-0.1, -0.05) is 12.1 Å². The standard InChI is InChI=1S/C21H24N2O8S/c1-29-19-7-6-15(10-20(19)30-2)12-22(17-8-9-32(27,28)14-17)21(24)13-31-18-5-3-4-16(11-18)23(25)26/h3-7,10-11,17H,8-9,12-14H2,1-2H3. The molecule has 0 bridgehead atoms. The Morgan fingerprint density at radius 3 is 2.53 bits per heavy atom. The first kappa shape index (κ1) is 23.3. The van der Waals surface area contributed by atoms with Crippen LogP contribution in [0.15, 0.2) is 42.5 Å². The monoisotopic (exact) mass is 464 g/mol. The molecule has 1 amide bonds. The highest BCUT2D eigenvalue weighted by atomic mass is 32.2. The number of benzene rings is 2. The van der Waals surface area contributed by atoms with Crippen LogP contribution in [0.2, 0.25) is 0 Å². The Labute approximate surface area is 185 Å². The molecule has 0 saturated carbocycles. The second-order valence-corrected chi connectivity index (χ2v) is 9.54. The molecule has 1 unspecified atom stereocenters. The lowest BCUT2D eigenvalue weighted by molar-refractivity contribution is -0.384. The average molecular weight is 464 g/mol. The number of sulfone groups is 1.